The molecule has 4 nitrogen and oxygen atoms in total. The normalized spacial score (nSPS) is 12.3. The number of phenolic OH excluding ortho intramolecular Hbond substituents is 1. The van der Waals surface area contributed by atoms with Crippen LogP contribution in [0.3, 0.4) is 0 Å². The van der Waals surface area contributed by atoms with Gasteiger partial charge in [-0.05, 0) is 16.8 Å². The molecule has 0 spiro atoms. The summed E-state index contributed by atoms with van der Waals surface area (Å²) in [4.78, 5) is 11.3. The van der Waals surface area contributed by atoms with Gasteiger partial charge in [0.15, 0.2) is 0 Å². The van der Waals surface area contributed by atoms with Crippen molar-refractivity contribution in [3.63, 3.8) is 0 Å². The lowest BCUT2D eigenvalue weighted by Gasteiger charge is -2.15. The molecular weight excluding hydrogens is 230 g/mol. The average molecular weight is 245 g/mol. The van der Waals surface area contributed by atoms with Crippen LogP contribution >= 0.6 is 0 Å². The molecular formula is C14H15NO3. The minimum absolute atomic E-state index is 0.0397. The van der Waals surface area contributed by atoms with E-state index in [-0.39, 0.29) is 12.2 Å². The van der Waals surface area contributed by atoms with Crippen LogP contribution < -0.4 is 5.73 Å². The second kappa shape index (κ2) is 5.06. The Morgan fingerprint density at radius 1 is 1.33 bits per heavy atom. The van der Waals surface area contributed by atoms with Crippen molar-refractivity contribution in [3.05, 3.63) is 42.0 Å². The second-order valence-corrected chi connectivity index (χ2v) is 4.11. The van der Waals surface area contributed by atoms with Gasteiger partial charge in [-0.3, -0.25) is 4.79 Å². The summed E-state index contributed by atoms with van der Waals surface area (Å²) in [5.41, 5.74) is 6.56. The Labute approximate surface area is 105 Å². The zero-order chi connectivity index (χ0) is 13.1. The lowest BCUT2D eigenvalue weighted by atomic mass is 9.96. The summed E-state index contributed by atoms with van der Waals surface area (Å²) < 4.78 is 4.59. The third-order valence-corrected chi connectivity index (χ3v) is 2.93. The number of rotatable bonds is 3. The predicted octanol–water partition coefficient (Wildman–Crippen LogP) is 2.11. The molecule has 0 heterocycles. The number of hydrogen-bond acceptors (Lipinski definition) is 4. The quantitative estimate of drug-likeness (QED) is 0.812. The standard InChI is InChI=1S/C14H15NO3/c1-18-13(17)8-11(15)14-10-5-3-2-4-9(10)6-7-12(14)16/h2-7,11,16H,8,15H2,1H3/t11-/m1/s1. The van der Waals surface area contributed by atoms with Gasteiger partial charge >= 0.3 is 5.97 Å². The molecule has 2 rings (SSSR count). The first kappa shape index (κ1) is 12.4. The molecule has 18 heavy (non-hydrogen) atoms. The number of nitrogens with two attached hydrogens (primary N) is 1. The highest BCUT2D eigenvalue weighted by molar-refractivity contribution is 5.88. The van der Waals surface area contributed by atoms with Gasteiger partial charge in [0.25, 0.3) is 0 Å². The summed E-state index contributed by atoms with van der Waals surface area (Å²) in [7, 11) is 1.32. The van der Waals surface area contributed by atoms with Gasteiger partial charge in [-0.15, -0.1) is 0 Å². The molecule has 0 fully saturated rings. The van der Waals surface area contributed by atoms with Crippen LogP contribution in [0.15, 0.2) is 36.4 Å². The van der Waals surface area contributed by atoms with Crippen molar-refractivity contribution in [2.75, 3.05) is 7.11 Å². The first-order valence-corrected chi connectivity index (χ1v) is 5.66. The molecule has 0 saturated carbocycles. The first-order valence-electron chi connectivity index (χ1n) is 5.66. The summed E-state index contributed by atoms with van der Waals surface area (Å²) in [5, 5.41) is 11.8. The third kappa shape index (κ3) is 2.28. The molecule has 0 aliphatic carbocycles. The minimum Gasteiger partial charge on any atom is -0.508 e. The van der Waals surface area contributed by atoms with Crippen molar-refractivity contribution in [2.45, 2.75) is 12.5 Å². The van der Waals surface area contributed by atoms with Crippen LogP contribution in [0.4, 0.5) is 0 Å². The number of hydrogen-bond donors (Lipinski definition) is 2. The second-order valence-electron chi connectivity index (χ2n) is 4.11. The highest BCUT2D eigenvalue weighted by Gasteiger charge is 2.18. The first-order chi connectivity index (χ1) is 8.63. The largest absolute Gasteiger partial charge is 0.508 e. The Bertz CT molecular complexity index is 580. The molecule has 94 valence electrons. The van der Waals surface area contributed by atoms with Gasteiger partial charge in [0, 0.05) is 11.6 Å². The predicted molar refractivity (Wildman–Crippen MR) is 69.2 cm³/mol. The monoisotopic (exact) mass is 245 g/mol. The van der Waals surface area contributed by atoms with E-state index in [4.69, 9.17) is 5.73 Å². The van der Waals surface area contributed by atoms with Crippen LogP contribution in [0.5, 0.6) is 5.75 Å². The van der Waals surface area contributed by atoms with Gasteiger partial charge in [0.1, 0.15) is 5.75 Å². The van der Waals surface area contributed by atoms with E-state index >= 15 is 0 Å². The fourth-order valence-corrected chi connectivity index (χ4v) is 2.04. The molecule has 3 N–H and O–H groups in total. The van der Waals surface area contributed by atoms with Gasteiger partial charge < -0.3 is 15.6 Å². The van der Waals surface area contributed by atoms with Gasteiger partial charge in [0.2, 0.25) is 0 Å². The highest BCUT2D eigenvalue weighted by Crippen LogP contribution is 2.32. The molecule has 0 saturated heterocycles. The van der Waals surface area contributed by atoms with E-state index in [0.29, 0.717) is 5.56 Å². The number of carbonyl (C=O) groups excluding carboxylic acids is 1. The van der Waals surface area contributed by atoms with Crippen LogP contribution in [-0.2, 0) is 9.53 Å². The number of phenols is 1. The number of esters is 1. The summed E-state index contributed by atoms with van der Waals surface area (Å²) in [6, 6.07) is 10.4. The number of aromatic hydroxyl groups is 1. The minimum atomic E-state index is -0.580. The van der Waals surface area contributed by atoms with Crippen molar-refractivity contribution in [1.82, 2.24) is 0 Å². The molecule has 0 unspecified atom stereocenters. The van der Waals surface area contributed by atoms with Crippen molar-refractivity contribution in [1.29, 1.82) is 0 Å². The smallest absolute Gasteiger partial charge is 0.307 e. The Hall–Kier alpha value is -2.07. The molecule has 4 heteroatoms. The van der Waals surface area contributed by atoms with Crippen LogP contribution in [0.25, 0.3) is 10.8 Å². The van der Waals surface area contributed by atoms with Crippen molar-refractivity contribution in [3.8, 4) is 5.75 Å². The van der Waals surface area contributed by atoms with Gasteiger partial charge in [0.05, 0.1) is 13.5 Å². The van der Waals surface area contributed by atoms with Crippen molar-refractivity contribution in [2.24, 2.45) is 5.73 Å². The molecule has 0 aromatic heterocycles. The van der Waals surface area contributed by atoms with Gasteiger partial charge in [-0.1, -0.05) is 30.3 Å². The lowest BCUT2D eigenvalue weighted by molar-refractivity contribution is -0.141. The Morgan fingerprint density at radius 2 is 2.06 bits per heavy atom. The molecule has 1 atom stereocenters. The number of ether oxygens (including phenoxy) is 1. The summed E-state index contributed by atoms with van der Waals surface area (Å²) >= 11 is 0. The summed E-state index contributed by atoms with van der Waals surface area (Å²) in [5.74, 6) is -0.292. The SMILES string of the molecule is COC(=O)C[C@@H](N)c1c(O)ccc2ccccc12. The van der Waals surface area contributed by atoms with E-state index < -0.39 is 12.0 Å². The Balaban J connectivity index is 2.48. The molecule has 0 radical (unpaired) electrons. The van der Waals surface area contributed by atoms with Gasteiger partial charge in [-0.2, -0.15) is 0 Å². The number of carbonyl (C=O) groups is 1. The maximum Gasteiger partial charge on any atom is 0.307 e. The van der Waals surface area contributed by atoms with E-state index in [1.807, 2.05) is 30.3 Å². The van der Waals surface area contributed by atoms with Gasteiger partial charge in [-0.25, -0.2) is 0 Å². The zero-order valence-corrected chi connectivity index (χ0v) is 10.1. The van der Waals surface area contributed by atoms with Crippen LogP contribution in [-0.4, -0.2) is 18.2 Å². The highest BCUT2D eigenvalue weighted by atomic mass is 16.5. The molecule has 0 amide bonds. The summed E-state index contributed by atoms with van der Waals surface area (Å²) in [6.07, 6.45) is 0.0397. The molecule has 2 aromatic rings. The molecule has 0 bridgehead atoms. The van der Waals surface area contributed by atoms with Crippen LogP contribution in [0.2, 0.25) is 0 Å². The van der Waals surface area contributed by atoms with E-state index in [0.717, 1.165) is 10.8 Å². The van der Waals surface area contributed by atoms with E-state index in [9.17, 15) is 9.90 Å². The molecule has 0 aliphatic heterocycles. The maximum absolute atomic E-state index is 11.3. The molecule has 2 aromatic carbocycles. The summed E-state index contributed by atoms with van der Waals surface area (Å²) in [6.45, 7) is 0. The Morgan fingerprint density at radius 3 is 2.78 bits per heavy atom. The fraction of sp³-hybridized carbons (Fsp3) is 0.214. The zero-order valence-electron chi connectivity index (χ0n) is 10.1. The number of benzene rings is 2. The van der Waals surface area contributed by atoms with E-state index in [1.54, 1.807) is 6.07 Å². The number of methoxy groups -OCH3 is 1. The lowest BCUT2D eigenvalue weighted by Crippen LogP contribution is -2.16. The topological polar surface area (TPSA) is 72.5 Å². The average Bonchev–Trinajstić information content (AvgIpc) is 2.38. The van der Waals surface area contributed by atoms with Crippen LogP contribution in [0, 0.1) is 0 Å². The van der Waals surface area contributed by atoms with Crippen molar-refractivity contribution < 1.29 is 14.6 Å². The maximum atomic E-state index is 11.3. The Kier molecular flexibility index (Phi) is 3.48. The van der Waals surface area contributed by atoms with E-state index in [2.05, 4.69) is 4.74 Å². The third-order valence-electron chi connectivity index (χ3n) is 2.93. The molecule has 0 aliphatic rings. The fourth-order valence-electron chi connectivity index (χ4n) is 2.04. The number of fused-ring (bicyclic) bond motifs is 1. The van der Waals surface area contributed by atoms with Crippen LogP contribution in [0.1, 0.15) is 18.0 Å². The van der Waals surface area contributed by atoms with Crippen molar-refractivity contribution >= 4 is 16.7 Å². The van der Waals surface area contributed by atoms with E-state index in [1.165, 1.54) is 7.11 Å².